The van der Waals surface area contributed by atoms with Crippen molar-refractivity contribution in [2.24, 2.45) is 0 Å². The fourth-order valence-corrected chi connectivity index (χ4v) is 2.24. The van der Waals surface area contributed by atoms with Crippen LogP contribution in [0.3, 0.4) is 0 Å². The number of hydrogen-bond donors (Lipinski definition) is 0. The van der Waals surface area contributed by atoms with E-state index in [1.165, 1.54) is 28.8 Å². The maximum Gasteiger partial charge on any atom is 0.123 e. The molecule has 0 N–H and O–H groups in total. The number of rotatable bonds is 4. The van der Waals surface area contributed by atoms with Gasteiger partial charge in [0.15, 0.2) is 0 Å². The largest absolute Gasteiger partial charge is 0.207 e. The van der Waals surface area contributed by atoms with Crippen LogP contribution < -0.4 is 0 Å². The van der Waals surface area contributed by atoms with Crippen molar-refractivity contribution < 1.29 is 4.39 Å². The highest BCUT2D eigenvalue weighted by atomic mass is 19.1. The molecule has 0 aliphatic heterocycles. The molecule has 0 fully saturated rings. The summed E-state index contributed by atoms with van der Waals surface area (Å²) in [7, 11) is 0. The topological polar surface area (TPSA) is 0 Å². The zero-order chi connectivity index (χ0) is 13.0. The summed E-state index contributed by atoms with van der Waals surface area (Å²) in [5, 5.41) is 0. The van der Waals surface area contributed by atoms with Crippen molar-refractivity contribution in [1.82, 2.24) is 0 Å². The average Bonchev–Trinajstić information content (AvgIpc) is 2.39. The van der Waals surface area contributed by atoms with Gasteiger partial charge in [0.2, 0.25) is 0 Å². The van der Waals surface area contributed by atoms with Crippen molar-refractivity contribution in [3.63, 3.8) is 0 Å². The van der Waals surface area contributed by atoms with Crippen molar-refractivity contribution in [2.75, 3.05) is 0 Å². The van der Waals surface area contributed by atoms with E-state index in [1.807, 2.05) is 12.1 Å². The molecular formula is C17H19F. The summed E-state index contributed by atoms with van der Waals surface area (Å²) in [6, 6.07) is 15.5. The molecule has 2 aromatic carbocycles. The van der Waals surface area contributed by atoms with E-state index in [2.05, 4.69) is 38.1 Å². The first-order valence-corrected chi connectivity index (χ1v) is 6.52. The van der Waals surface area contributed by atoms with E-state index in [-0.39, 0.29) is 5.82 Å². The zero-order valence-corrected chi connectivity index (χ0v) is 11.0. The lowest BCUT2D eigenvalue weighted by Crippen LogP contribution is -1.99. The Morgan fingerprint density at radius 1 is 1.00 bits per heavy atom. The van der Waals surface area contributed by atoms with Crippen molar-refractivity contribution >= 4 is 0 Å². The van der Waals surface area contributed by atoms with E-state index in [9.17, 15) is 4.39 Å². The first-order chi connectivity index (χ1) is 8.69. The van der Waals surface area contributed by atoms with Crippen LogP contribution in [0.15, 0.2) is 48.5 Å². The Morgan fingerprint density at radius 3 is 2.33 bits per heavy atom. The molecule has 0 aliphatic carbocycles. The maximum absolute atomic E-state index is 12.9. The fourth-order valence-electron chi connectivity index (χ4n) is 2.24. The van der Waals surface area contributed by atoms with E-state index >= 15 is 0 Å². The third kappa shape index (κ3) is 3.19. The van der Waals surface area contributed by atoms with E-state index < -0.39 is 0 Å². The van der Waals surface area contributed by atoms with Crippen LogP contribution in [-0.4, -0.2) is 0 Å². The zero-order valence-electron chi connectivity index (χ0n) is 11.0. The van der Waals surface area contributed by atoms with Crippen LogP contribution in [-0.2, 0) is 12.8 Å². The third-order valence-corrected chi connectivity index (χ3v) is 3.38. The number of benzene rings is 2. The van der Waals surface area contributed by atoms with Crippen LogP contribution in [0.25, 0.3) is 0 Å². The number of hydrogen-bond acceptors (Lipinski definition) is 0. The second-order valence-corrected chi connectivity index (χ2v) is 4.83. The van der Waals surface area contributed by atoms with Gasteiger partial charge in [0.1, 0.15) is 5.82 Å². The molecule has 0 amide bonds. The number of halogens is 1. The minimum absolute atomic E-state index is 0.168. The molecule has 0 saturated heterocycles. The SMILES string of the molecule is CCc1cccc(CC(C)c2ccc(F)cc2)c1. The summed E-state index contributed by atoms with van der Waals surface area (Å²) in [6.07, 6.45) is 2.07. The van der Waals surface area contributed by atoms with Crippen LogP contribution in [0.1, 0.15) is 36.5 Å². The Bertz CT molecular complexity index is 499. The second-order valence-electron chi connectivity index (χ2n) is 4.83. The molecule has 0 radical (unpaired) electrons. The summed E-state index contributed by atoms with van der Waals surface area (Å²) in [5.41, 5.74) is 3.92. The van der Waals surface area contributed by atoms with Gasteiger partial charge in [-0.3, -0.25) is 0 Å². The van der Waals surface area contributed by atoms with Crippen LogP contribution in [0.4, 0.5) is 4.39 Å². The molecule has 0 nitrogen and oxygen atoms in total. The molecule has 94 valence electrons. The minimum Gasteiger partial charge on any atom is -0.207 e. The fraction of sp³-hybridized carbons (Fsp3) is 0.294. The smallest absolute Gasteiger partial charge is 0.123 e. The first-order valence-electron chi connectivity index (χ1n) is 6.52. The molecule has 18 heavy (non-hydrogen) atoms. The van der Waals surface area contributed by atoms with E-state index in [4.69, 9.17) is 0 Å². The summed E-state index contributed by atoms with van der Waals surface area (Å²) in [4.78, 5) is 0. The average molecular weight is 242 g/mol. The molecule has 2 aromatic rings. The Kier molecular flexibility index (Phi) is 4.14. The van der Waals surface area contributed by atoms with Crippen LogP contribution in [0, 0.1) is 5.82 Å². The van der Waals surface area contributed by atoms with Gasteiger partial charge in [-0.05, 0) is 47.6 Å². The van der Waals surface area contributed by atoms with Gasteiger partial charge in [0.05, 0.1) is 0 Å². The maximum atomic E-state index is 12.9. The predicted molar refractivity (Wildman–Crippen MR) is 74.3 cm³/mol. The molecule has 1 unspecified atom stereocenters. The lowest BCUT2D eigenvalue weighted by molar-refractivity contribution is 0.625. The van der Waals surface area contributed by atoms with Gasteiger partial charge in [-0.25, -0.2) is 4.39 Å². The van der Waals surface area contributed by atoms with E-state index in [1.54, 1.807) is 0 Å². The monoisotopic (exact) mass is 242 g/mol. The summed E-state index contributed by atoms with van der Waals surface area (Å²) in [5.74, 6) is 0.247. The number of aryl methyl sites for hydroxylation is 1. The highest BCUT2D eigenvalue weighted by Gasteiger charge is 2.07. The van der Waals surface area contributed by atoms with E-state index in [0.717, 1.165) is 12.8 Å². The molecule has 0 heterocycles. The Balaban J connectivity index is 2.10. The standard InChI is InChI=1S/C17H19F/c1-3-14-5-4-6-15(12-14)11-13(2)16-7-9-17(18)10-8-16/h4-10,12-13H,3,11H2,1-2H3. The van der Waals surface area contributed by atoms with Gasteiger partial charge < -0.3 is 0 Å². The van der Waals surface area contributed by atoms with Crippen molar-refractivity contribution in [2.45, 2.75) is 32.6 Å². The Labute approximate surface area is 108 Å². The molecule has 0 aromatic heterocycles. The van der Waals surface area contributed by atoms with Gasteiger partial charge in [0.25, 0.3) is 0 Å². The van der Waals surface area contributed by atoms with Crippen molar-refractivity contribution in [3.8, 4) is 0 Å². The first kappa shape index (κ1) is 12.8. The predicted octanol–water partition coefficient (Wildman–Crippen LogP) is 4.73. The minimum atomic E-state index is -0.168. The molecule has 2 rings (SSSR count). The van der Waals surface area contributed by atoms with Crippen molar-refractivity contribution in [3.05, 3.63) is 71.0 Å². The van der Waals surface area contributed by atoms with Crippen LogP contribution >= 0.6 is 0 Å². The second kappa shape index (κ2) is 5.81. The van der Waals surface area contributed by atoms with Gasteiger partial charge in [-0.15, -0.1) is 0 Å². The summed E-state index contributed by atoms with van der Waals surface area (Å²) >= 11 is 0. The Hall–Kier alpha value is -1.63. The summed E-state index contributed by atoms with van der Waals surface area (Å²) < 4.78 is 12.9. The lowest BCUT2D eigenvalue weighted by atomic mass is 9.93. The van der Waals surface area contributed by atoms with Gasteiger partial charge in [-0.1, -0.05) is 50.2 Å². The van der Waals surface area contributed by atoms with Gasteiger partial charge >= 0.3 is 0 Å². The Morgan fingerprint density at radius 2 is 1.67 bits per heavy atom. The molecule has 1 atom stereocenters. The normalized spacial score (nSPS) is 12.4. The van der Waals surface area contributed by atoms with Crippen LogP contribution in [0.2, 0.25) is 0 Å². The molecular weight excluding hydrogens is 223 g/mol. The van der Waals surface area contributed by atoms with Crippen LogP contribution in [0.5, 0.6) is 0 Å². The van der Waals surface area contributed by atoms with Gasteiger partial charge in [-0.2, -0.15) is 0 Å². The quantitative estimate of drug-likeness (QED) is 0.726. The highest BCUT2D eigenvalue weighted by Crippen LogP contribution is 2.21. The molecule has 0 saturated carbocycles. The van der Waals surface area contributed by atoms with E-state index in [0.29, 0.717) is 5.92 Å². The molecule has 0 bridgehead atoms. The lowest BCUT2D eigenvalue weighted by Gasteiger charge is -2.12. The van der Waals surface area contributed by atoms with Crippen molar-refractivity contribution in [1.29, 1.82) is 0 Å². The molecule has 0 aliphatic rings. The summed E-state index contributed by atoms with van der Waals surface area (Å²) in [6.45, 7) is 4.36. The molecule has 1 heteroatoms. The third-order valence-electron chi connectivity index (χ3n) is 3.38. The molecule has 0 spiro atoms. The highest BCUT2D eigenvalue weighted by molar-refractivity contribution is 5.27. The van der Waals surface area contributed by atoms with Gasteiger partial charge in [0, 0.05) is 0 Å².